The summed E-state index contributed by atoms with van der Waals surface area (Å²) in [4.78, 5) is 32.7. The molecule has 0 atom stereocenters. The Balaban J connectivity index is 0.000000201. The number of halogens is 2. The van der Waals surface area contributed by atoms with Gasteiger partial charge in [-0.2, -0.15) is 10.5 Å². The van der Waals surface area contributed by atoms with Gasteiger partial charge in [-0.3, -0.25) is 9.59 Å². The molecule has 0 N–H and O–H groups in total. The van der Waals surface area contributed by atoms with Crippen LogP contribution < -0.4 is 0 Å². The molecule has 42 heavy (non-hydrogen) atoms. The van der Waals surface area contributed by atoms with Crippen LogP contribution in [0.5, 0.6) is 0 Å². The van der Waals surface area contributed by atoms with E-state index in [0.29, 0.717) is 32.6 Å². The Morgan fingerprint density at radius 1 is 0.548 bits per heavy atom. The average molecular weight is 589 g/mol. The summed E-state index contributed by atoms with van der Waals surface area (Å²) in [6.45, 7) is 3.92. The molecule has 4 aromatic carbocycles. The molecule has 0 bridgehead atoms. The maximum Gasteiger partial charge on any atom is 0.233 e. The number of hydrogen-bond acceptors (Lipinski definition) is 6. The molecular formula is C34H22Cl2N4O2. The standard InChI is InChI=1S/C19H11ClN4.C15H11ClO2/c1-12-2-4-13(5-3-12)18-19(14-6-8-15(20)9-7-14)24-17(11-22)16(10-21)23-18;1-10-2-4-11(5-3-10)14(17)15(18)12-6-8-13(16)9-7-12/h2-9H,1H3;2-9H,1H3. The topological polar surface area (TPSA) is 108 Å². The van der Waals surface area contributed by atoms with Crippen LogP contribution >= 0.6 is 23.2 Å². The minimum absolute atomic E-state index is 0.0123. The molecule has 0 aliphatic heterocycles. The van der Waals surface area contributed by atoms with Gasteiger partial charge >= 0.3 is 0 Å². The highest BCUT2D eigenvalue weighted by atomic mass is 35.5. The van der Waals surface area contributed by atoms with Crippen molar-refractivity contribution < 1.29 is 9.59 Å². The molecule has 0 spiro atoms. The summed E-state index contributed by atoms with van der Waals surface area (Å²) in [5.74, 6) is -1.02. The first-order chi connectivity index (χ1) is 20.2. The largest absolute Gasteiger partial charge is 0.285 e. The van der Waals surface area contributed by atoms with Gasteiger partial charge in [0.05, 0.1) is 11.4 Å². The van der Waals surface area contributed by atoms with E-state index in [1.807, 2.05) is 74.5 Å². The second-order valence-corrected chi connectivity index (χ2v) is 10.1. The average Bonchev–Trinajstić information content (AvgIpc) is 3.01. The number of aromatic nitrogens is 2. The van der Waals surface area contributed by atoms with Gasteiger partial charge in [-0.15, -0.1) is 0 Å². The van der Waals surface area contributed by atoms with Crippen molar-refractivity contribution in [2.45, 2.75) is 13.8 Å². The zero-order valence-corrected chi connectivity index (χ0v) is 24.1. The van der Waals surface area contributed by atoms with Crippen molar-refractivity contribution in [2.75, 3.05) is 0 Å². The summed E-state index contributed by atoms with van der Waals surface area (Å²) in [5, 5.41) is 19.6. The number of aryl methyl sites for hydroxylation is 2. The number of ketones is 2. The van der Waals surface area contributed by atoms with E-state index >= 15 is 0 Å². The van der Waals surface area contributed by atoms with Crippen LogP contribution in [-0.4, -0.2) is 21.5 Å². The van der Waals surface area contributed by atoms with E-state index in [4.69, 9.17) is 23.2 Å². The number of nitrogens with zero attached hydrogens (tertiary/aromatic N) is 4. The Labute approximate surface area is 253 Å². The Morgan fingerprint density at radius 3 is 1.24 bits per heavy atom. The van der Waals surface area contributed by atoms with E-state index < -0.39 is 11.6 Å². The van der Waals surface area contributed by atoms with Gasteiger partial charge in [-0.05, 0) is 50.2 Å². The van der Waals surface area contributed by atoms with Gasteiger partial charge in [0, 0.05) is 32.3 Å². The molecule has 0 aliphatic rings. The highest BCUT2D eigenvalue weighted by Gasteiger charge is 2.18. The smallest absolute Gasteiger partial charge is 0.233 e. The number of rotatable bonds is 5. The molecule has 8 heteroatoms. The van der Waals surface area contributed by atoms with Crippen LogP contribution in [0.4, 0.5) is 0 Å². The molecule has 5 rings (SSSR count). The number of carbonyl (C=O) groups excluding carboxylic acids is 2. The molecule has 0 fully saturated rings. The number of benzene rings is 4. The second kappa shape index (κ2) is 13.5. The van der Waals surface area contributed by atoms with Crippen molar-refractivity contribution in [1.29, 1.82) is 10.5 Å². The normalized spacial score (nSPS) is 10.0. The first kappa shape index (κ1) is 29.8. The van der Waals surface area contributed by atoms with Crippen molar-refractivity contribution in [3.05, 3.63) is 141 Å². The van der Waals surface area contributed by atoms with E-state index in [1.54, 1.807) is 48.5 Å². The van der Waals surface area contributed by atoms with E-state index in [0.717, 1.165) is 22.3 Å². The van der Waals surface area contributed by atoms with Gasteiger partial charge in [-0.25, -0.2) is 9.97 Å². The molecule has 0 saturated heterocycles. The fourth-order valence-electron chi connectivity index (χ4n) is 3.88. The van der Waals surface area contributed by atoms with Gasteiger partial charge in [-0.1, -0.05) is 95.0 Å². The molecule has 0 radical (unpaired) electrons. The quantitative estimate of drug-likeness (QED) is 0.151. The summed E-state index contributed by atoms with van der Waals surface area (Å²) >= 11 is 11.7. The number of nitriles is 2. The number of Topliss-reactive ketones (excluding diaryl/α,β-unsaturated/α-hetero) is 2. The molecule has 0 amide bonds. The van der Waals surface area contributed by atoms with Crippen LogP contribution in [0.15, 0.2) is 97.1 Å². The predicted molar refractivity (Wildman–Crippen MR) is 163 cm³/mol. The van der Waals surface area contributed by atoms with Crippen LogP contribution in [-0.2, 0) is 0 Å². The molecule has 5 aromatic rings. The molecular weight excluding hydrogens is 567 g/mol. The van der Waals surface area contributed by atoms with Crippen LogP contribution in [0.25, 0.3) is 22.5 Å². The van der Waals surface area contributed by atoms with E-state index in [1.165, 1.54) is 0 Å². The van der Waals surface area contributed by atoms with Crippen LogP contribution in [0.3, 0.4) is 0 Å². The van der Waals surface area contributed by atoms with Gasteiger partial charge in [0.2, 0.25) is 11.6 Å². The van der Waals surface area contributed by atoms with Gasteiger partial charge < -0.3 is 0 Å². The molecule has 0 aliphatic carbocycles. The molecule has 0 saturated carbocycles. The number of hydrogen-bond donors (Lipinski definition) is 0. The maximum absolute atomic E-state index is 12.0. The third-order valence-corrected chi connectivity index (χ3v) is 6.68. The predicted octanol–water partition coefficient (Wildman–Crippen LogP) is 8.23. The first-order valence-corrected chi connectivity index (χ1v) is 13.4. The van der Waals surface area contributed by atoms with Gasteiger partial charge in [0.25, 0.3) is 0 Å². The Morgan fingerprint density at radius 2 is 0.857 bits per heavy atom. The van der Waals surface area contributed by atoms with Crippen molar-refractivity contribution in [2.24, 2.45) is 0 Å². The number of carbonyl (C=O) groups is 2. The minimum atomic E-state index is -0.518. The van der Waals surface area contributed by atoms with E-state index in [2.05, 4.69) is 9.97 Å². The summed E-state index contributed by atoms with van der Waals surface area (Å²) in [7, 11) is 0. The lowest BCUT2D eigenvalue weighted by molar-refractivity contribution is 0.0817. The van der Waals surface area contributed by atoms with Crippen molar-refractivity contribution in [3.63, 3.8) is 0 Å². The van der Waals surface area contributed by atoms with Crippen molar-refractivity contribution in [3.8, 4) is 34.7 Å². The Kier molecular flexibility index (Phi) is 9.57. The third kappa shape index (κ3) is 7.13. The highest BCUT2D eigenvalue weighted by Crippen LogP contribution is 2.31. The Bertz CT molecular complexity index is 1700. The summed E-state index contributed by atoms with van der Waals surface area (Å²) in [6.07, 6.45) is 0. The summed E-state index contributed by atoms with van der Waals surface area (Å²) in [5.41, 5.74) is 5.68. The third-order valence-electron chi connectivity index (χ3n) is 6.18. The molecule has 1 heterocycles. The van der Waals surface area contributed by atoms with Crippen LogP contribution in [0.2, 0.25) is 10.0 Å². The highest BCUT2D eigenvalue weighted by molar-refractivity contribution is 6.49. The first-order valence-electron chi connectivity index (χ1n) is 12.7. The monoisotopic (exact) mass is 588 g/mol. The van der Waals surface area contributed by atoms with Gasteiger partial charge in [0.1, 0.15) is 12.1 Å². The van der Waals surface area contributed by atoms with Crippen molar-refractivity contribution in [1.82, 2.24) is 9.97 Å². The molecule has 0 unspecified atom stereocenters. The van der Waals surface area contributed by atoms with E-state index in [-0.39, 0.29) is 11.4 Å². The zero-order chi connectivity index (χ0) is 30.2. The SMILES string of the molecule is Cc1ccc(-c2nc(C#N)c(C#N)nc2-c2ccc(Cl)cc2)cc1.Cc1ccc(C(=O)C(=O)c2ccc(Cl)cc2)cc1. The zero-order valence-electron chi connectivity index (χ0n) is 22.6. The molecule has 1 aromatic heterocycles. The lowest BCUT2D eigenvalue weighted by Crippen LogP contribution is -2.14. The molecule has 204 valence electrons. The van der Waals surface area contributed by atoms with Crippen LogP contribution in [0, 0.1) is 36.5 Å². The lowest BCUT2D eigenvalue weighted by atomic mass is 10.0. The minimum Gasteiger partial charge on any atom is -0.285 e. The molecule has 6 nitrogen and oxygen atoms in total. The fraction of sp³-hybridized carbons (Fsp3) is 0.0588. The van der Waals surface area contributed by atoms with E-state index in [9.17, 15) is 20.1 Å². The maximum atomic E-state index is 12.0. The Hall–Kier alpha value is -5.14. The summed E-state index contributed by atoms with van der Waals surface area (Å²) < 4.78 is 0. The summed E-state index contributed by atoms with van der Waals surface area (Å²) in [6, 6.07) is 32.0. The lowest BCUT2D eigenvalue weighted by Gasteiger charge is -2.10. The fourth-order valence-corrected chi connectivity index (χ4v) is 4.13. The van der Waals surface area contributed by atoms with Crippen LogP contribution in [0.1, 0.15) is 43.2 Å². The van der Waals surface area contributed by atoms with Gasteiger partial charge in [0.15, 0.2) is 11.4 Å². The van der Waals surface area contributed by atoms with Crippen molar-refractivity contribution >= 4 is 34.8 Å². The second-order valence-electron chi connectivity index (χ2n) is 9.25.